The van der Waals surface area contributed by atoms with E-state index in [1.165, 1.54) is 0 Å². The number of likely N-dealkylation sites (tertiary alicyclic amines) is 1. The summed E-state index contributed by atoms with van der Waals surface area (Å²) in [4.78, 5) is 40.0. The Kier molecular flexibility index (Phi) is 6.87. The van der Waals surface area contributed by atoms with Crippen LogP contribution in [0, 0.1) is 17.2 Å². The first kappa shape index (κ1) is 25.8. The van der Waals surface area contributed by atoms with Crippen molar-refractivity contribution in [3.8, 4) is 17.2 Å². The number of carbonyl (C=O) groups is 3. The fourth-order valence-electron chi connectivity index (χ4n) is 5.95. The summed E-state index contributed by atoms with van der Waals surface area (Å²) in [6.07, 6.45) is 3.28. The maximum Gasteiger partial charge on any atom is 0.411 e. The van der Waals surface area contributed by atoms with E-state index in [1.807, 2.05) is 63.2 Å². The number of rotatable bonds is 5. The first-order valence-corrected chi connectivity index (χ1v) is 13.3. The molecular weight excluding hydrogens is 480 g/mol. The standard InChI is InChI=1S/C30H34N4O4/c1-30(2,3)38-29(37)34-24-11-10-22(15-24)26(34)28(36)33-23(17-31)14-18-4-6-19(7-5-18)21-9-8-20-12-13-32-27(35)25(20)16-21/h4-9,16,22-24,26H,10-15H2,1-3H3,(H,32,35)(H,33,36)/t22-,23-,24+,26-/m0/s1. The number of carbonyl (C=O) groups excluding carboxylic acids is 3. The number of ether oxygens (including phenoxy) is 1. The van der Waals surface area contributed by atoms with Gasteiger partial charge in [-0.2, -0.15) is 5.26 Å². The molecule has 38 heavy (non-hydrogen) atoms. The molecule has 0 unspecified atom stereocenters. The Morgan fingerprint density at radius 1 is 1.16 bits per heavy atom. The summed E-state index contributed by atoms with van der Waals surface area (Å²) in [5, 5.41) is 15.6. The zero-order valence-corrected chi connectivity index (χ0v) is 22.1. The quantitative estimate of drug-likeness (QED) is 0.627. The van der Waals surface area contributed by atoms with Crippen molar-refractivity contribution >= 4 is 17.9 Å². The Morgan fingerprint density at radius 3 is 2.61 bits per heavy atom. The third kappa shape index (κ3) is 5.24. The van der Waals surface area contributed by atoms with E-state index in [0.29, 0.717) is 18.5 Å². The lowest BCUT2D eigenvalue weighted by Gasteiger charge is -2.35. The number of nitrogens with zero attached hydrogens (tertiary/aromatic N) is 2. The molecule has 1 saturated heterocycles. The number of nitrogens with one attached hydrogen (secondary N) is 2. The number of fused-ring (bicyclic) bond motifs is 3. The normalized spacial score (nSPS) is 22.7. The van der Waals surface area contributed by atoms with Crippen molar-refractivity contribution in [2.45, 2.75) is 76.6 Å². The molecule has 0 aromatic heterocycles. The Hall–Kier alpha value is -3.86. The molecule has 2 N–H and O–H groups in total. The number of nitriles is 1. The predicted molar refractivity (Wildman–Crippen MR) is 142 cm³/mol. The highest BCUT2D eigenvalue weighted by Gasteiger charge is 2.52. The van der Waals surface area contributed by atoms with Crippen molar-refractivity contribution in [3.05, 3.63) is 59.2 Å². The van der Waals surface area contributed by atoms with E-state index in [0.717, 1.165) is 47.9 Å². The fraction of sp³-hybridized carbons (Fsp3) is 0.467. The van der Waals surface area contributed by atoms with Gasteiger partial charge in [0.25, 0.3) is 5.91 Å². The van der Waals surface area contributed by atoms with Crippen LogP contribution in [0.5, 0.6) is 0 Å². The minimum Gasteiger partial charge on any atom is -0.444 e. The second-order valence-electron chi connectivity index (χ2n) is 11.5. The molecule has 8 nitrogen and oxygen atoms in total. The van der Waals surface area contributed by atoms with Gasteiger partial charge in [0.1, 0.15) is 17.7 Å². The van der Waals surface area contributed by atoms with Crippen LogP contribution in [0.3, 0.4) is 0 Å². The van der Waals surface area contributed by atoms with Crippen LogP contribution in [0.1, 0.15) is 61.5 Å². The highest BCUT2D eigenvalue weighted by molar-refractivity contribution is 5.98. The summed E-state index contributed by atoms with van der Waals surface area (Å²) in [7, 11) is 0. The minimum absolute atomic E-state index is 0.00773. The van der Waals surface area contributed by atoms with E-state index in [-0.39, 0.29) is 23.8 Å². The first-order chi connectivity index (χ1) is 18.1. The van der Waals surface area contributed by atoms with E-state index < -0.39 is 23.8 Å². The molecular formula is C30H34N4O4. The predicted octanol–water partition coefficient (Wildman–Crippen LogP) is 3.98. The highest BCUT2D eigenvalue weighted by atomic mass is 16.6. The Bertz CT molecular complexity index is 1290. The van der Waals surface area contributed by atoms with Crippen LogP contribution in [0.25, 0.3) is 11.1 Å². The van der Waals surface area contributed by atoms with Gasteiger partial charge in [0.2, 0.25) is 5.91 Å². The largest absolute Gasteiger partial charge is 0.444 e. The van der Waals surface area contributed by atoms with E-state index >= 15 is 0 Å². The smallest absolute Gasteiger partial charge is 0.411 e. The molecule has 2 heterocycles. The monoisotopic (exact) mass is 514 g/mol. The molecule has 3 aliphatic rings. The van der Waals surface area contributed by atoms with Gasteiger partial charge in [0.15, 0.2) is 0 Å². The van der Waals surface area contributed by atoms with Crippen molar-refractivity contribution in [2.75, 3.05) is 6.54 Å². The molecule has 4 atom stereocenters. The first-order valence-electron chi connectivity index (χ1n) is 13.3. The van der Waals surface area contributed by atoms with Crippen LogP contribution in [-0.2, 0) is 22.4 Å². The van der Waals surface area contributed by atoms with Crippen LogP contribution in [0.4, 0.5) is 4.79 Å². The third-order valence-electron chi connectivity index (χ3n) is 7.69. The molecule has 2 bridgehead atoms. The second kappa shape index (κ2) is 10.1. The average Bonchev–Trinajstić information content (AvgIpc) is 3.50. The molecule has 2 aromatic carbocycles. The van der Waals surface area contributed by atoms with E-state index in [1.54, 1.807) is 4.90 Å². The zero-order chi connectivity index (χ0) is 27.0. The Morgan fingerprint density at radius 2 is 1.89 bits per heavy atom. The molecule has 0 radical (unpaired) electrons. The molecule has 198 valence electrons. The Balaban J connectivity index is 1.25. The molecule has 2 aromatic rings. The number of hydrogen-bond donors (Lipinski definition) is 2. The van der Waals surface area contributed by atoms with Gasteiger partial charge in [0, 0.05) is 24.6 Å². The molecule has 0 spiro atoms. The van der Waals surface area contributed by atoms with Crippen molar-refractivity contribution in [1.29, 1.82) is 5.26 Å². The van der Waals surface area contributed by atoms with Gasteiger partial charge in [-0.25, -0.2) is 4.79 Å². The highest BCUT2D eigenvalue weighted by Crippen LogP contribution is 2.43. The SMILES string of the molecule is CC(C)(C)OC(=O)N1[C@@H]2CC[C@@H](C2)[C@H]1C(=O)N[C@H](C#N)Cc1ccc(-c2ccc3c(c2)C(=O)NCC3)cc1. The van der Waals surface area contributed by atoms with Crippen LogP contribution >= 0.6 is 0 Å². The van der Waals surface area contributed by atoms with Gasteiger partial charge in [-0.3, -0.25) is 14.5 Å². The van der Waals surface area contributed by atoms with Gasteiger partial charge in [-0.1, -0.05) is 36.4 Å². The molecule has 2 aliphatic heterocycles. The molecule has 1 saturated carbocycles. The fourth-order valence-corrected chi connectivity index (χ4v) is 5.95. The Labute approximate surface area is 223 Å². The zero-order valence-electron chi connectivity index (χ0n) is 22.1. The topological polar surface area (TPSA) is 112 Å². The molecule has 3 amide bonds. The minimum atomic E-state index is -0.722. The lowest BCUT2D eigenvalue weighted by Crippen LogP contribution is -2.55. The maximum atomic E-state index is 13.3. The van der Waals surface area contributed by atoms with Crippen molar-refractivity contribution in [2.24, 2.45) is 5.92 Å². The number of amides is 3. The lowest BCUT2D eigenvalue weighted by molar-refractivity contribution is -0.128. The van der Waals surface area contributed by atoms with Crippen LogP contribution in [-0.4, -0.2) is 53.1 Å². The summed E-state index contributed by atoms with van der Waals surface area (Å²) in [5.74, 6) is -0.249. The van der Waals surface area contributed by atoms with Gasteiger partial charge < -0.3 is 15.4 Å². The number of hydrogen-bond acceptors (Lipinski definition) is 5. The summed E-state index contributed by atoms with van der Waals surface area (Å²) < 4.78 is 5.59. The van der Waals surface area contributed by atoms with E-state index in [9.17, 15) is 19.6 Å². The lowest BCUT2D eigenvalue weighted by atomic mass is 9.94. The summed E-state index contributed by atoms with van der Waals surface area (Å²) >= 11 is 0. The molecule has 8 heteroatoms. The van der Waals surface area contributed by atoms with Gasteiger partial charge in [0.05, 0.1) is 6.07 Å². The summed E-state index contributed by atoms with van der Waals surface area (Å²) in [6, 6.07) is 14.6. The maximum absolute atomic E-state index is 13.3. The number of benzene rings is 2. The molecule has 5 rings (SSSR count). The summed E-state index contributed by atoms with van der Waals surface area (Å²) in [5.41, 5.74) is 3.97. The van der Waals surface area contributed by atoms with Crippen LogP contribution < -0.4 is 10.6 Å². The number of piperidine rings is 1. The van der Waals surface area contributed by atoms with Crippen molar-refractivity contribution < 1.29 is 19.1 Å². The van der Waals surface area contributed by atoms with Gasteiger partial charge in [-0.15, -0.1) is 0 Å². The second-order valence-corrected chi connectivity index (χ2v) is 11.5. The van der Waals surface area contributed by atoms with Crippen molar-refractivity contribution in [3.63, 3.8) is 0 Å². The van der Waals surface area contributed by atoms with Crippen LogP contribution in [0.2, 0.25) is 0 Å². The molecule has 2 fully saturated rings. The van der Waals surface area contributed by atoms with Crippen LogP contribution in [0.15, 0.2) is 42.5 Å². The third-order valence-corrected chi connectivity index (χ3v) is 7.69. The van der Waals surface area contributed by atoms with Gasteiger partial charge in [-0.05, 0) is 80.7 Å². The van der Waals surface area contributed by atoms with Gasteiger partial charge >= 0.3 is 6.09 Å². The van der Waals surface area contributed by atoms with E-state index in [2.05, 4.69) is 16.7 Å². The average molecular weight is 515 g/mol. The van der Waals surface area contributed by atoms with E-state index in [4.69, 9.17) is 4.74 Å². The van der Waals surface area contributed by atoms with Crippen molar-refractivity contribution in [1.82, 2.24) is 15.5 Å². The molecule has 1 aliphatic carbocycles. The summed E-state index contributed by atoms with van der Waals surface area (Å²) in [6.45, 7) is 6.10.